The Balaban J connectivity index is 1.99. The lowest BCUT2D eigenvalue weighted by Crippen LogP contribution is -1.95. The average Bonchev–Trinajstić information content (AvgIpc) is 3.10. The van der Waals surface area contributed by atoms with Gasteiger partial charge in [-0.3, -0.25) is 0 Å². The van der Waals surface area contributed by atoms with E-state index >= 15 is 0 Å². The summed E-state index contributed by atoms with van der Waals surface area (Å²) in [5, 5.41) is 16.5. The summed E-state index contributed by atoms with van der Waals surface area (Å²) in [6, 6.07) is 8.71. The Morgan fingerprint density at radius 1 is 1.35 bits per heavy atom. The minimum absolute atomic E-state index is 0.118. The molecular weight excluding hydrogens is 326 g/mol. The van der Waals surface area contributed by atoms with Crippen LogP contribution in [-0.2, 0) is 0 Å². The maximum atomic E-state index is 10.8. The van der Waals surface area contributed by atoms with Gasteiger partial charge in [-0.1, -0.05) is 5.16 Å². The van der Waals surface area contributed by atoms with E-state index in [1.807, 2.05) is 30.5 Å². The Bertz CT molecular complexity index is 765. The fourth-order valence-corrected chi connectivity index (χ4v) is 2.33. The molecule has 0 fully saturated rings. The molecule has 0 radical (unpaired) electrons. The summed E-state index contributed by atoms with van der Waals surface area (Å²) in [7, 11) is 0. The van der Waals surface area contributed by atoms with Gasteiger partial charge in [0, 0.05) is 28.5 Å². The van der Waals surface area contributed by atoms with E-state index in [0.29, 0.717) is 5.76 Å². The summed E-state index contributed by atoms with van der Waals surface area (Å²) in [4.78, 5) is 10.8. The van der Waals surface area contributed by atoms with Gasteiger partial charge in [0.15, 0.2) is 11.5 Å². The zero-order valence-corrected chi connectivity index (χ0v) is 11.6. The van der Waals surface area contributed by atoms with Crippen LogP contribution in [0.1, 0.15) is 10.5 Å². The zero-order valence-electron chi connectivity index (χ0n) is 10.0. The molecule has 0 spiro atoms. The highest BCUT2D eigenvalue weighted by atomic mass is 79.9. The van der Waals surface area contributed by atoms with Crippen molar-refractivity contribution in [2.75, 3.05) is 0 Å². The van der Waals surface area contributed by atoms with Crippen LogP contribution in [0.2, 0.25) is 0 Å². The van der Waals surface area contributed by atoms with Gasteiger partial charge in [0.25, 0.3) is 0 Å². The van der Waals surface area contributed by atoms with Crippen LogP contribution in [0.4, 0.5) is 0 Å². The lowest BCUT2D eigenvalue weighted by Gasteiger charge is -2.05. The van der Waals surface area contributed by atoms with Crippen molar-refractivity contribution >= 4 is 21.9 Å². The number of halogens is 1. The predicted octanol–water partition coefficient (Wildman–Crippen LogP) is 2.99. The molecule has 6 nitrogen and oxygen atoms in total. The van der Waals surface area contributed by atoms with Crippen LogP contribution in [0, 0.1) is 0 Å². The lowest BCUT2D eigenvalue weighted by atomic mass is 10.1. The molecule has 0 aliphatic carbocycles. The number of carboxylic acid groups (broad SMARTS) is 1. The summed E-state index contributed by atoms with van der Waals surface area (Å²) in [5.74, 6) is -0.720. The first-order valence-electron chi connectivity index (χ1n) is 5.65. The molecule has 0 atom stereocenters. The maximum Gasteiger partial charge on any atom is 0.358 e. The number of aromatic nitrogens is 3. The van der Waals surface area contributed by atoms with E-state index < -0.39 is 5.97 Å². The Labute approximate surface area is 121 Å². The highest BCUT2D eigenvalue weighted by molar-refractivity contribution is 9.10. The van der Waals surface area contributed by atoms with Gasteiger partial charge in [-0.15, -0.1) is 0 Å². The van der Waals surface area contributed by atoms with Gasteiger partial charge < -0.3 is 9.63 Å². The molecule has 7 heteroatoms. The van der Waals surface area contributed by atoms with Crippen molar-refractivity contribution in [2.45, 2.75) is 0 Å². The highest BCUT2D eigenvalue weighted by Crippen LogP contribution is 2.28. The molecule has 0 unspecified atom stereocenters. The SMILES string of the molecule is O=C(O)c1cc(-c2ccc(-n3cccn3)c(Br)c2)on1. The highest BCUT2D eigenvalue weighted by Gasteiger charge is 2.13. The molecule has 1 aromatic carbocycles. The quantitative estimate of drug-likeness (QED) is 0.796. The summed E-state index contributed by atoms with van der Waals surface area (Å²) in [5.41, 5.74) is 1.48. The second-order valence-corrected chi connectivity index (χ2v) is 4.85. The molecule has 20 heavy (non-hydrogen) atoms. The number of nitrogens with zero attached hydrogens (tertiary/aromatic N) is 3. The van der Waals surface area contributed by atoms with Crippen molar-refractivity contribution < 1.29 is 14.4 Å². The number of aromatic carboxylic acids is 1. The van der Waals surface area contributed by atoms with Gasteiger partial charge in [-0.05, 0) is 40.2 Å². The third kappa shape index (κ3) is 2.23. The zero-order chi connectivity index (χ0) is 14.1. The molecule has 0 saturated heterocycles. The monoisotopic (exact) mass is 333 g/mol. The van der Waals surface area contributed by atoms with Crippen molar-refractivity contribution in [3.8, 4) is 17.0 Å². The predicted molar refractivity (Wildman–Crippen MR) is 73.7 cm³/mol. The molecule has 0 amide bonds. The van der Waals surface area contributed by atoms with Gasteiger partial charge in [-0.25, -0.2) is 9.48 Å². The van der Waals surface area contributed by atoms with Crippen LogP contribution in [0.5, 0.6) is 0 Å². The van der Waals surface area contributed by atoms with Gasteiger partial charge in [-0.2, -0.15) is 5.10 Å². The number of hydrogen-bond donors (Lipinski definition) is 1. The molecule has 3 rings (SSSR count). The van der Waals surface area contributed by atoms with E-state index in [1.54, 1.807) is 10.9 Å². The largest absolute Gasteiger partial charge is 0.476 e. The minimum atomic E-state index is -1.12. The van der Waals surface area contributed by atoms with Crippen molar-refractivity contribution in [1.29, 1.82) is 0 Å². The first kappa shape index (κ1) is 12.6. The summed E-state index contributed by atoms with van der Waals surface area (Å²) < 4.78 is 7.55. The van der Waals surface area contributed by atoms with Gasteiger partial charge in [0.1, 0.15) is 0 Å². The number of carbonyl (C=O) groups is 1. The van der Waals surface area contributed by atoms with E-state index in [4.69, 9.17) is 9.63 Å². The summed E-state index contributed by atoms with van der Waals surface area (Å²) in [6.07, 6.45) is 3.52. The Hall–Kier alpha value is -2.41. The van der Waals surface area contributed by atoms with Crippen molar-refractivity contribution in [3.05, 3.63) is 52.9 Å². The van der Waals surface area contributed by atoms with E-state index in [1.165, 1.54) is 6.07 Å². The number of carboxylic acids is 1. The second kappa shape index (κ2) is 4.93. The molecule has 3 aromatic rings. The van der Waals surface area contributed by atoms with E-state index in [0.717, 1.165) is 15.7 Å². The Morgan fingerprint density at radius 3 is 2.80 bits per heavy atom. The fraction of sp³-hybridized carbons (Fsp3) is 0. The van der Waals surface area contributed by atoms with Crippen LogP contribution < -0.4 is 0 Å². The molecule has 0 aliphatic heterocycles. The Morgan fingerprint density at radius 2 is 2.20 bits per heavy atom. The van der Waals surface area contributed by atoms with E-state index in [2.05, 4.69) is 26.2 Å². The first-order chi connectivity index (χ1) is 9.65. The van der Waals surface area contributed by atoms with Gasteiger partial charge in [0.05, 0.1) is 5.69 Å². The smallest absolute Gasteiger partial charge is 0.358 e. The van der Waals surface area contributed by atoms with Crippen molar-refractivity contribution in [1.82, 2.24) is 14.9 Å². The summed E-state index contributed by atoms with van der Waals surface area (Å²) in [6.45, 7) is 0. The standard InChI is InChI=1S/C13H8BrN3O3/c14-9-6-8(12-7-10(13(18)19)16-20-12)2-3-11(9)17-5-1-4-15-17/h1-7H,(H,18,19). The van der Waals surface area contributed by atoms with Crippen molar-refractivity contribution in [3.63, 3.8) is 0 Å². The van der Waals surface area contributed by atoms with Crippen LogP contribution >= 0.6 is 15.9 Å². The molecule has 0 aliphatic rings. The van der Waals surface area contributed by atoms with Crippen LogP contribution in [0.15, 0.2) is 51.7 Å². The van der Waals surface area contributed by atoms with Crippen LogP contribution in [-0.4, -0.2) is 26.0 Å². The molecular formula is C13H8BrN3O3. The first-order valence-corrected chi connectivity index (χ1v) is 6.44. The minimum Gasteiger partial charge on any atom is -0.476 e. The molecule has 0 bridgehead atoms. The van der Waals surface area contributed by atoms with Crippen LogP contribution in [0.3, 0.4) is 0 Å². The van der Waals surface area contributed by atoms with E-state index in [9.17, 15) is 4.79 Å². The number of benzene rings is 1. The molecule has 0 saturated carbocycles. The topological polar surface area (TPSA) is 81.1 Å². The van der Waals surface area contributed by atoms with Gasteiger partial charge in [0.2, 0.25) is 0 Å². The lowest BCUT2D eigenvalue weighted by molar-refractivity contribution is 0.0686. The molecule has 2 heterocycles. The van der Waals surface area contributed by atoms with Crippen molar-refractivity contribution in [2.24, 2.45) is 0 Å². The molecule has 100 valence electrons. The van der Waals surface area contributed by atoms with Crippen LogP contribution in [0.25, 0.3) is 17.0 Å². The van der Waals surface area contributed by atoms with Gasteiger partial charge >= 0.3 is 5.97 Å². The maximum absolute atomic E-state index is 10.8. The third-order valence-corrected chi connectivity index (χ3v) is 3.35. The van der Waals surface area contributed by atoms with E-state index in [-0.39, 0.29) is 5.69 Å². The second-order valence-electron chi connectivity index (χ2n) is 4.00. The molecule has 2 aromatic heterocycles. The average molecular weight is 334 g/mol. The number of hydrogen-bond acceptors (Lipinski definition) is 4. The fourth-order valence-electron chi connectivity index (χ4n) is 1.77. The number of rotatable bonds is 3. The normalized spacial score (nSPS) is 10.7. The molecule has 1 N–H and O–H groups in total. The summed E-state index contributed by atoms with van der Waals surface area (Å²) >= 11 is 3.46. The third-order valence-electron chi connectivity index (χ3n) is 2.71. The Kier molecular flexibility index (Phi) is 3.11.